The summed E-state index contributed by atoms with van der Waals surface area (Å²) in [5, 5.41) is 3.62. The first-order valence-corrected chi connectivity index (χ1v) is 4.86. The maximum Gasteiger partial charge on any atom is 0.129 e. The Hall–Kier alpha value is -1.09. The van der Waals surface area contributed by atoms with Crippen LogP contribution in [0.15, 0.2) is 24.0 Å². The van der Waals surface area contributed by atoms with Crippen LogP contribution in [0.5, 0.6) is 0 Å². The van der Waals surface area contributed by atoms with Gasteiger partial charge in [-0.15, -0.1) is 0 Å². The number of nitrogens with zero attached hydrogens (tertiary/aromatic N) is 2. The molecule has 1 heterocycles. The van der Waals surface area contributed by atoms with E-state index in [9.17, 15) is 0 Å². The van der Waals surface area contributed by atoms with Crippen molar-refractivity contribution >= 4 is 17.4 Å². The van der Waals surface area contributed by atoms with Crippen molar-refractivity contribution in [3.8, 4) is 0 Å². The van der Waals surface area contributed by atoms with Gasteiger partial charge in [-0.05, 0) is 5.92 Å². The summed E-state index contributed by atoms with van der Waals surface area (Å²) in [5.74, 6) is 1.18. The molecule has 0 unspecified atom stereocenters. The molecule has 0 spiro atoms. The van der Waals surface area contributed by atoms with E-state index in [1.54, 1.807) is 6.33 Å². The maximum absolute atomic E-state index is 5.63. The molecule has 1 rings (SSSR count). The van der Waals surface area contributed by atoms with E-state index >= 15 is 0 Å². The Bertz CT molecular complexity index is 323. The van der Waals surface area contributed by atoms with E-state index in [2.05, 4.69) is 35.7 Å². The van der Waals surface area contributed by atoms with Gasteiger partial charge in [-0.25, -0.2) is 9.97 Å². The number of aromatic nitrogens is 2. The first-order valence-electron chi connectivity index (χ1n) is 4.48. The fourth-order valence-electron chi connectivity index (χ4n) is 0.971. The maximum atomic E-state index is 5.63. The largest absolute Gasteiger partial charge is 0.365 e. The lowest BCUT2D eigenvalue weighted by molar-refractivity contribution is 0.814. The van der Waals surface area contributed by atoms with Crippen LogP contribution in [-0.4, -0.2) is 16.5 Å². The Labute approximate surface area is 89.2 Å². The zero-order valence-corrected chi connectivity index (χ0v) is 9.17. The third-order valence-electron chi connectivity index (χ3n) is 1.74. The topological polar surface area (TPSA) is 37.8 Å². The van der Waals surface area contributed by atoms with Crippen LogP contribution in [0.3, 0.4) is 0 Å². The molecule has 76 valence electrons. The molecule has 0 fully saturated rings. The van der Waals surface area contributed by atoms with Crippen LogP contribution in [0.2, 0.25) is 0 Å². The first-order chi connectivity index (χ1) is 6.59. The van der Waals surface area contributed by atoms with E-state index in [1.807, 2.05) is 6.07 Å². The predicted molar refractivity (Wildman–Crippen MR) is 59.6 cm³/mol. The van der Waals surface area contributed by atoms with E-state index in [0.29, 0.717) is 17.5 Å². The van der Waals surface area contributed by atoms with Crippen LogP contribution in [0.4, 0.5) is 5.82 Å². The minimum absolute atomic E-state index is 0.401. The summed E-state index contributed by atoms with van der Waals surface area (Å²) < 4.78 is 0. The van der Waals surface area contributed by atoms with Gasteiger partial charge in [0.15, 0.2) is 0 Å². The van der Waals surface area contributed by atoms with Crippen LogP contribution in [-0.2, 0) is 0 Å². The molecule has 0 aliphatic rings. The molecule has 1 aromatic rings. The Balaban J connectivity index is 2.68. The average Bonchev–Trinajstić information content (AvgIpc) is 2.15. The quantitative estimate of drug-likeness (QED) is 0.832. The van der Waals surface area contributed by atoms with E-state index < -0.39 is 0 Å². The monoisotopic (exact) mass is 211 g/mol. The molecule has 4 heteroatoms. The van der Waals surface area contributed by atoms with Gasteiger partial charge in [0, 0.05) is 16.8 Å². The van der Waals surface area contributed by atoms with E-state index in [-0.39, 0.29) is 0 Å². The van der Waals surface area contributed by atoms with Crippen molar-refractivity contribution in [1.29, 1.82) is 0 Å². The standard InChI is InChI=1S/C10H14ClN3/c1-7(2)9-4-10(14-6-13-9)12-5-8(3)11/h4,6-7H,3,5H2,1-2H3,(H,12,13,14). The van der Waals surface area contributed by atoms with E-state index in [4.69, 9.17) is 11.6 Å². The summed E-state index contributed by atoms with van der Waals surface area (Å²) >= 11 is 5.63. The molecule has 1 aromatic heterocycles. The molecule has 0 saturated heterocycles. The van der Waals surface area contributed by atoms with Crippen molar-refractivity contribution in [3.63, 3.8) is 0 Å². The Morgan fingerprint density at radius 3 is 2.86 bits per heavy atom. The Kier molecular flexibility index (Phi) is 3.89. The predicted octanol–water partition coefficient (Wildman–Crippen LogP) is 2.76. The van der Waals surface area contributed by atoms with Gasteiger partial charge in [0.2, 0.25) is 0 Å². The highest BCUT2D eigenvalue weighted by Gasteiger charge is 2.02. The Morgan fingerprint density at radius 1 is 1.57 bits per heavy atom. The van der Waals surface area contributed by atoms with Crippen molar-refractivity contribution in [2.45, 2.75) is 19.8 Å². The fraction of sp³-hybridized carbons (Fsp3) is 0.400. The first kappa shape index (κ1) is 11.0. The summed E-state index contributed by atoms with van der Waals surface area (Å²) in [6, 6.07) is 1.92. The summed E-state index contributed by atoms with van der Waals surface area (Å²) in [6.45, 7) is 8.29. The smallest absolute Gasteiger partial charge is 0.129 e. The normalized spacial score (nSPS) is 10.3. The number of hydrogen-bond acceptors (Lipinski definition) is 3. The zero-order valence-electron chi connectivity index (χ0n) is 8.42. The molecular formula is C10H14ClN3. The van der Waals surface area contributed by atoms with Gasteiger partial charge in [0.05, 0.1) is 6.54 Å². The highest BCUT2D eigenvalue weighted by atomic mass is 35.5. The van der Waals surface area contributed by atoms with Gasteiger partial charge < -0.3 is 5.32 Å². The summed E-state index contributed by atoms with van der Waals surface area (Å²) in [5.41, 5.74) is 1.02. The van der Waals surface area contributed by atoms with Crippen LogP contribution in [0.25, 0.3) is 0 Å². The molecule has 1 N–H and O–H groups in total. The van der Waals surface area contributed by atoms with Crippen LogP contribution in [0, 0.1) is 0 Å². The van der Waals surface area contributed by atoms with Crippen molar-refractivity contribution in [2.24, 2.45) is 0 Å². The van der Waals surface area contributed by atoms with Crippen molar-refractivity contribution < 1.29 is 0 Å². The third-order valence-corrected chi connectivity index (χ3v) is 1.87. The highest BCUT2D eigenvalue weighted by Crippen LogP contribution is 2.13. The molecule has 0 bridgehead atoms. The van der Waals surface area contributed by atoms with Crippen molar-refractivity contribution in [3.05, 3.63) is 29.7 Å². The van der Waals surface area contributed by atoms with Crippen molar-refractivity contribution in [1.82, 2.24) is 9.97 Å². The van der Waals surface area contributed by atoms with E-state index in [1.165, 1.54) is 0 Å². The number of nitrogens with one attached hydrogen (secondary N) is 1. The number of anilines is 1. The summed E-state index contributed by atoms with van der Waals surface area (Å²) in [6.07, 6.45) is 1.55. The summed E-state index contributed by atoms with van der Waals surface area (Å²) in [7, 11) is 0. The molecule has 0 atom stereocenters. The second-order valence-corrected chi connectivity index (χ2v) is 3.89. The van der Waals surface area contributed by atoms with Gasteiger partial charge in [-0.2, -0.15) is 0 Å². The lowest BCUT2D eigenvalue weighted by atomic mass is 10.1. The Morgan fingerprint density at radius 2 is 2.29 bits per heavy atom. The minimum atomic E-state index is 0.401. The van der Waals surface area contributed by atoms with Crippen LogP contribution in [0.1, 0.15) is 25.5 Å². The van der Waals surface area contributed by atoms with Gasteiger partial charge in [0.25, 0.3) is 0 Å². The lowest BCUT2D eigenvalue weighted by Crippen LogP contribution is -2.04. The van der Waals surface area contributed by atoms with Gasteiger partial charge in [-0.1, -0.05) is 32.0 Å². The molecule has 3 nitrogen and oxygen atoms in total. The lowest BCUT2D eigenvalue weighted by Gasteiger charge is -2.07. The van der Waals surface area contributed by atoms with Crippen LogP contribution >= 0.6 is 11.6 Å². The molecule has 0 saturated carbocycles. The fourth-order valence-corrected chi connectivity index (χ4v) is 1.04. The molecular weight excluding hydrogens is 198 g/mol. The third kappa shape index (κ3) is 3.34. The molecule has 0 amide bonds. The van der Waals surface area contributed by atoms with Crippen LogP contribution < -0.4 is 5.32 Å². The minimum Gasteiger partial charge on any atom is -0.365 e. The highest BCUT2D eigenvalue weighted by molar-refractivity contribution is 6.29. The zero-order chi connectivity index (χ0) is 10.6. The SMILES string of the molecule is C=C(Cl)CNc1cc(C(C)C)ncn1. The molecule has 14 heavy (non-hydrogen) atoms. The average molecular weight is 212 g/mol. The summed E-state index contributed by atoms with van der Waals surface area (Å²) in [4.78, 5) is 8.23. The van der Waals surface area contributed by atoms with Gasteiger partial charge >= 0.3 is 0 Å². The van der Waals surface area contributed by atoms with Gasteiger partial charge in [-0.3, -0.25) is 0 Å². The second-order valence-electron chi connectivity index (χ2n) is 3.35. The molecule has 0 aromatic carbocycles. The molecule has 0 aliphatic carbocycles. The molecule has 0 radical (unpaired) electrons. The molecule has 0 aliphatic heterocycles. The number of rotatable bonds is 4. The van der Waals surface area contributed by atoms with E-state index in [0.717, 1.165) is 11.5 Å². The van der Waals surface area contributed by atoms with Gasteiger partial charge in [0.1, 0.15) is 12.1 Å². The number of hydrogen-bond donors (Lipinski definition) is 1. The number of halogens is 1. The second kappa shape index (κ2) is 4.96. The van der Waals surface area contributed by atoms with Crippen molar-refractivity contribution in [2.75, 3.05) is 11.9 Å².